The molecular formula is C9H14BrNS. The van der Waals surface area contributed by atoms with Crippen molar-refractivity contribution < 1.29 is 0 Å². The first-order valence-electron chi connectivity index (χ1n) is 4.09. The molecule has 1 aromatic heterocycles. The molecule has 0 bridgehead atoms. The minimum absolute atomic E-state index is 0.709. The zero-order chi connectivity index (χ0) is 8.97. The molecule has 0 fully saturated rings. The predicted octanol–water partition coefficient (Wildman–Crippen LogP) is 2.91. The van der Waals surface area contributed by atoms with Crippen LogP contribution in [0.2, 0.25) is 0 Å². The third kappa shape index (κ3) is 2.88. The van der Waals surface area contributed by atoms with E-state index in [1.165, 1.54) is 10.0 Å². The number of rotatable bonds is 4. The van der Waals surface area contributed by atoms with E-state index >= 15 is 0 Å². The van der Waals surface area contributed by atoms with Gasteiger partial charge in [0, 0.05) is 9.85 Å². The van der Waals surface area contributed by atoms with Gasteiger partial charge in [0.05, 0.1) is 0 Å². The highest BCUT2D eigenvalue weighted by Gasteiger charge is 2.05. The highest BCUT2D eigenvalue weighted by Crippen LogP contribution is 2.23. The summed E-state index contributed by atoms with van der Waals surface area (Å²) in [4.78, 5) is 0. The number of halogens is 1. The lowest BCUT2D eigenvalue weighted by Crippen LogP contribution is -2.17. The lowest BCUT2D eigenvalue weighted by molar-refractivity contribution is 0.542. The van der Waals surface area contributed by atoms with Gasteiger partial charge in [0.1, 0.15) is 0 Å². The van der Waals surface area contributed by atoms with Crippen molar-refractivity contribution in [3.8, 4) is 0 Å². The molecule has 12 heavy (non-hydrogen) atoms. The summed E-state index contributed by atoms with van der Waals surface area (Å²) in [6.07, 6.45) is 1.16. The predicted molar refractivity (Wildman–Crippen MR) is 58.8 cm³/mol. The van der Waals surface area contributed by atoms with Crippen LogP contribution in [0, 0.1) is 5.92 Å². The quantitative estimate of drug-likeness (QED) is 0.863. The van der Waals surface area contributed by atoms with Crippen LogP contribution in [0.1, 0.15) is 12.5 Å². The Labute approximate surface area is 86.3 Å². The highest BCUT2D eigenvalue weighted by molar-refractivity contribution is 9.10. The maximum absolute atomic E-state index is 3.54. The van der Waals surface area contributed by atoms with Gasteiger partial charge in [0.2, 0.25) is 0 Å². The molecule has 1 heterocycles. The maximum Gasteiger partial charge on any atom is 0.0314 e. The van der Waals surface area contributed by atoms with Gasteiger partial charge in [0.15, 0.2) is 0 Å². The normalized spacial score (nSPS) is 13.2. The summed E-state index contributed by atoms with van der Waals surface area (Å²) < 4.78 is 1.26. The first-order valence-corrected chi connectivity index (χ1v) is 5.82. The van der Waals surface area contributed by atoms with E-state index in [4.69, 9.17) is 0 Å². The minimum Gasteiger partial charge on any atom is -0.319 e. The third-order valence-electron chi connectivity index (χ3n) is 1.81. The average Bonchev–Trinajstić information content (AvgIpc) is 2.37. The molecule has 0 radical (unpaired) electrons. The van der Waals surface area contributed by atoms with Crippen LogP contribution >= 0.6 is 27.3 Å². The van der Waals surface area contributed by atoms with Gasteiger partial charge in [-0.05, 0) is 52.8 Å². The van der Waals surface area contributed by atoms with Crippen molar-refractivity contribution in [1.82, 2.24) is 5.32 Å². The topological polar surface area (TPSA) is 12.0 Å². The van der Waals surface area contributed by atoms with E-state index < -0.39 is 0 Å². The Balaban J connectivity index is 2.46. The molecule has 0 saturated heterocycles. The molecule has 1 aromatic rings. The monoisotopic (exact) mass is 247 g/mol. The van der Waals surface area contributed by atoms with Gasteiger partial charge in [-0.15, -0.1) is 0 Å². The molecule has 68 valence electrons. The second kappa shape index (κ2) is 5.00. The highest BCUT2D eigenvalue weighted by atomic mass is 79.9. The number of nitrogens with one attached hydrogen (secondary N) is 1. The van der Waals surface area contributed by atoms with E-state index in [0.29, 0.717) is 5.92 Å². The molecule has 0 aliphatic rings. The van der Waals surface area contributed by atoms with Crippen LogP contribution in [0.15, 0.2) is 15.2 Å². The van der Waals surface area contributed by atoms with Crippen molar-refractivity contribution in [3.63, 3.8) is 0 Å². The van der Waals surface area contributed by atoms with Gasteiger partial charge in [-0.3, -0.25) is 0 Å². The summed E-state index contributed by atoms with van der Waals surface area (Å²) in [6.45, 7) is 3.35. The van der Waals surface area contributed by atoms with Crippen LogP contribution in [-0.2, 0) is 6.42 Å². The van der Waals surface area contributed by atoms with Gasteiger partial charge in [-0.1, -0.05) is 6.92 Å². The summed E-state index contributed by atoms with van der Waals surface area (Å²) in [5.41, 5.74) is 1.43. The molecule has 0 aromatic carbocycles. The van der Waals surface area contributed by atoms with Gasteiger partial charge in [-0.2, -0.15) is 11.3 Å². The number of hydrogen-bond donors (Lipinski definition) is 1. The zero-order valence-corrected chi connectivity index (χ0v) is 9.83. The lowest BCUT2D eigenvalue weighted by atomic mass is 10.0. The molecule has 1 nitrogen and oxygen atoms in total. The first-order chi connectivity index (χ1) is 5.74. The van der Waals surface area contributed by atoms with E-state index in [-0.39, 0.29) is 0 Å². The van der Waals surface area contributed by atoms with Crippen LogP contribution in [0.5, 0.6) is 0 Å². The van der Waals surface area contributed by atoms with E-state index in [9.17, 15) is 0 Å². The van der Waals surface area contributed by atoms with Crippen molar-refractivity contribution >= 4 is 27.3 Å². The average molecular weight is 248 g/mol. The fourth-order valence-corrected chi connectivity index (χ4v) is 2.73. The molecule has 1 atom stereocenters. The number of thiophene rings is 1. The standard InChI is InChI=1S/C9H14BrNS/c1-7(4-11-2)3-8-5-12-6-9(8)10/h5-7,11H,3-4H2,1-2H3. The SMILES string of the molecule is CNCC(C)Cc1cscc1Br. The third-order valence-corrected chi connectivity index (χ3v) is 3.64. The molecule has 1 unspecified atom stereocenters. The van der Waals surface area contributed by atoms with Crippen molar-refractivity contribution in [2.45, 2.75) is 13.3 Å². The molecule has 0 aliphatic heterocycles. The molecule has 0 aliphatic carbocycles. The van der Waals surface area contributed by atoms with Crippen LogP contribution < -0.4 is 5.32 Å². The van der Waals surface area contributed by atoms with Crippen molar-refractivity contribution in [2.24, 2.45) is 5.92 Å². The second-order valence-electron chi connectivity index (χ2n) is 3.11. The number of hydrogen-bond acceptors (Lipinski definition) is 2. The van der Waals surface area contributed by atoms with Crippen molar-refractivity contribution in [1.29, 1.82) is 0 Å². The first kappa shape index (κ1) is 10.2. The zero-order valence-electron chi connectivity index (χ0n) is 7.43. The maximum atomic E-state index is 3.54. The molecule has 3 heteroatoms. The summed E-state index contributed by atoms with van der Waals surface area (Å²) in [5, 5.41) is 7.55. The summed E-state index contributed by atoms with van der Waals surface area (Å²) >= 11 is 5.29. The van der Waals surface area contributed by atoms with E-state index in [2.05, 4.69) is 38.9 Å². The molecular weight excluding hydrogens is 234 g/mol. The molecule has 0 spiro atoms. The summed E-state index contributed by atoms with van der Waals surface area (Å²) in [7, 11) is 2.00. The Morgan fingerprint density at radius 3 is 2.83 bits per heavy atom. The molecule has 1 rings (SSSR count). The Kier molecular flexibility index (Phi) is 4.26. The van der Waals surface area contributed by atoms with E-state index in [1.54, 1.807) is 11.3 Å². The van der Waals surface area contributed by atoms with Crippen LogP contribution in [0.3, 0.4) is 0 Å². The Hall–Kier alpha value is 0.140. The summed E-state index contributed by atoms with van der Waals surface area (Å²) in [5.74, 6) is 0.709. The lowest BCUT2D eigenvalue weighted by Gasteiger charge is -2.09. The summed E-state index contributed by atoms with van der Waals surface area (Å²) in [6, 6.07) is 0. The van der Waals surface area contributed by atoms with Crippen LogP contribution in [0.25, 0.3) is 0 Å². The van der Waals surface area contributed by atoms with Gasteiger partial charge >= 0.3 is 0 Å². The molecule has 0 amide bonds. The fraction of sp³-hybridized carbons (Fsp3) is 0.556. The molecule has 0 saturated carbocycles. The Morgan fingerprint density at radius 2 is 2.33 bits per heavy atom. The second-order valence-corrected chi connectivity index (χ2v) is 4.71. The van der Waals surface area contributed by atoms with Crippen molar-refractivity contribution in [2.75, 3.05) is 13.6 Å². The van der Waals surface area contributed by atoms with Crippen LogP contribution in [-0.4, -0.2) is 13.6 Å². The van der Waals surface area contributed by atoms with Crippen molar-refractivity contribution in [3.05, 3.63) is 20.8 Å². The fourth-order valence-electron chi connectivity index (χ4n) is 1.25. The van der Waals surface area contributed by atoms with E-state index in [1.807, 2.05) is 7.05 Å². The van der Waals surface area contributed by atoms with Gasteiger partial charge in [-0.25, -0.2) is 0 Å². The largest absolute Gasteiger partial charge is 0.319 e. The van der Waals surface area contributed by atoms with Crippen LogP contribution in [0.4, 0.5) is 0 Å². The van der Waals surface area contributed by atoms with Gasteiger partial charge in [0.25, 0.3) is 0 Å². The smallest absolute Gasteiger partial charge is 0.0314 e. The van der Waals surface area contributed by atoms with E-state index in [0.717, 1.165) is 13.0 Å². The Bertz CT molecular complexity index is 234. The molecule has 1 N–H and O–H groups in total. The Morgan fingerprint density at radius 1 is 1.58 bits per heavy atom. The van der Waals surface area contributed by atoms with Gasteiger partial charge < -0.3 is 5.32 Å². The minimum atomic E-state index is 0.709.